The van der Waals surface area contributed by atoms with Crippen molar-refractivity contribution in [2.45, 2.75) is 6.54 Å². The van der Waals surface area contributed by atoms with Gasteiger partial charge in [-0.05, 0) is 54.1 Å². The van der Waals surface area contributed by atoms with E-state index in [4.69, 9.17) is 0 Å². The number of pyridine rings is 2. The maximum Gasteiger partial charge on any atom is 0.265 e. The molecular formula is C22H15BrFN3O2. The molecule has 0 bridgehead atoms. The van der Waals surface area contributed by atoms with Crippen LogP contribution in [0.2, 0.25) is 0 Å². The summed E-state index contributed by atoms with van der Waals surface area (Å²) in [5.74, 6) is -0.863. The van der Waals surface area contributed by atoms with E-state index < -0.39 is 11.5 Å². The van der Waals surface area contributed by atoms with Crippen LogP contribution in [0.3, 0.4) is 0 Å². The molecule has 0 aliphatic carbocycles. The number of halogens is 2. The highest BCUT2D eigenvalue weighted by atomic mass is 79.9. The van der Waals surface area contributed by atoms with Crippen LogP contribution in [0.25, 0.3) is 11.0 Å². The summed E-state index contributed by atoms with van der Waals surface area (Å²) in [5, 5.41) is 3.41. The van der Waals surface area contributed by atoms with Gasteiger partial charge in [0.15, 0.2) is 0 Å². The van der Waals surface area contributed by atoms with Gasteiger partial charge < -0.3 is 5.32 Å². The Bertz CT molecular complexity index is 1270. The minimum absolute atomic E-state index is 0.00703. The van der Waals surface area contributed by atoms with Gasteiger partial charge in [0.25, 0.3) is 11.5 Å². The summed E-state index contributed by atoms with van der Waals surface area (Å²) in [7, 11) is 0. The van der Waals surface area contributed by atoms with Gasteiger partial charge in [0, 0.05) is 21.7 Å². The van der Waals surface area contributed by atoms with E-state index in [2.05, 4.69) is 26.2 Å². The number of hydrogen-bond acceptors (Lipinski definition) is 3. The molecule has 0 aliphatic heterocycles. The Labute approximate surface area is 174 Å². The second-order valence-electron chi connectivity index (χ2n) is 6.46. The van der Waals surface area contributed by atoms with Crippen LogP contribution >= 0.6 is 15.9 Å². The van der Waals surface area contributed by atoms with Gasteiger partial charge >= 0.3 is 0 Å². The third-order valence-corrected chi connectivity index (χ3v) is 4.92. The average molecular weight is 452 g/mol. The lowest BCUT2D eigenvalue weighted by Gasteiger charge is -2.12. The van der Waals surface area contributed by atoms with Crippen LogP contribution in [0.4, 0.5) is 10.1 Å². The molecule has 1 N–H and O–H groups in total. The molecule has 0 radical (unpaired) electrons. The third kappa shape index (κ3) is 4.09. The lowest BCUT2D eigenvalue weighted by Crippen LogP contribution is -2.30. The van der Waals surface area contributed by atoms with Crippen molar-refractivity contribution in [1.29, 1.82) is 0 Å². The molecule has 7 heteroatoms. The normalized spacial score (nSPS) is 10.8. The second kappa shape index (κ2) is 7.97. The molecular weight excluding hydrogens is 437 g/mol. The molecule has 4 aromatic rings. The zero-order valence-corrected chi connectivity index (χ0v) is 16.7. The molecule has 0 fully saturated rings. The molecule has 2 aromatic carbocycles. The molecule has 29 heavy (non-hydrogen) atoms. The number of benzene rings is 2. The fourth-order valence-corrected chi connectivity index (χ4v) is 3.45. The lowest BCUT2D eigenvalue weighted by molar-refractivity contribution is 0.102. The summed E-state index contributed by atoms with van der Waals surface area (Å²) in [5.41, 5.74) is 1.30. The Balaban J connectivity index is 1.78. The van der Waals surface area contributed by atoms with Crippen LogP contribution in [0, 0.1) is 5.82 Å². The predicted octanol–water partition coefficient (Wildman–Crippen LogP) is 4.60. The molecule has 4 rings (SSSR count). The Kier molecular flexibility index (Phi) is 5.22. The Hall–Kier alpha value is -3.32. The first-order valence-corrected chi connectivity index (χ1v) is 9.60. The van der Waals surface area contributed by atoms with Gasteiger partial charge in [0.05, 0.1) is 6.54 Å². The molecule has 0 aliphatic rings. The van der Waals surface area contributed by atoms with E-state index in [1.807, 2.05) is 6.07 Å². The first kappa shape index (κ1) is 19.0. The molecule has 0 unspecified atom stereocenters. The van der Waals surface area contributed by atoms with Crippen molar-refractivity contribution >= 4 is 38.6 Å². The summed E-state index contributed by atoms with van der Waals surface area (Å²) in [6.45, 7) is 0.171. The fraction of sp³-hybridized carbons (Fsp3) is 0.0455. The summed E-state index contributed by atoms with van der Waals surface area (Å²) in [4.78, 5) is 30.3. The number of nitrogens with zero attached hydrogens (tertiary/aromatic N) is 2. The van der Waals surface area contributed by atoms with Gasteiger partial charge in [-0.15, -0.1) is 0 Å². The average Bonchev–Trinajstić information content (AvgIpc) is 2.71. The minimum Gasteiger partial charge on any atom is -0.322 e. The van der Waals surface area contributed by atoms with E-state index in [1.54, 1.807) is 54.7 Å². The van der Waals surface area contributed by atoms with E-state index in [0.29, 0.717) is 16.7 Å². The van der Waals surface area contributed by atoms with Crippen molar-refractivity contribution in [2.24, 2.45) is 0 Å². The van der Waals surface area contributed by atoms with Gasteiger partial charge in [0.2, 0.25) is 0 Å². The van der Waals surface area contributed by atoms with E-state index in [1.165, 1.54) is 16.7 Å². The molecule has 1 amide bonds. The quantitative estimate of drug-likeness (QED) is 0.493. The maximum absolute atomic E-state index is 13.2. The number of anilines is 1. The SMILES string of the molecule is O=C(Nc1cccc(Br)c1)c1cc2cccnc2n(Cc2ccc(F)cc2)c1=O. The van der Waals surface area contributed by atoms with Crippen molar-refractivity contribution in [1.82, 2.24) is 9.55 Å². The van der Waals surface area contributed by atoms with Crippen LogP contribution in [-0.2, 0) is 6.54 Å². The zero-order chi connectivity index (χ0) is 20.4. The van der Waals surface area contributed by atoms with Crippen molar-refractivity contribution in [3.63, 3.8) is 0 Å². The standard InChI is InChI=1S/C22H15BrFN3O2/c23-16-4-1-5-18(12-16)26-21(28)19-11-15-3-2-10-25-20(15)27(22(19)29)13-14-6-8-17(24)9-7-14/h1-12H,13H2,(H,26,28). The highest BCUT2D eigenvalue weighted by molar-refractivity contribution is 9.10. The number of carbonyl (C=O) groups is 1. The number of amides is 1. The molecule has 0 spiro atoms. The number of hydrogen-bond donors (Lipinski definition) is 1. The molecule has 144 valence electrons. The molecule has 5 nitrogen and oxygen atoms in total. The highest BCUT2D eigenvalue weighted by Crippen LogP contribution is 2.18. The first-order valence-electron chi connectivity index (χ1n) is 8.81. The number of carbonyl (C=O) groups excluding carboxylic acids is 1. The zero-order valence-electron chi connectivity index (χ0n) is 15.1. The van der Waals surface area contributed by atoms with Crippen molar-refractivity contribution in [3.8, 4) is 0 Å². The van der Waals surface area contributed by atoms with Crippen molar-refractivity contribution in [2.75, 3.05) is 5.32 Å². The number of aromatic nitrogens is 2. The second-order valence-corrected chi connectivity index (χ2v) is 7.37. The summed E-state index contributed by atoms with van der Waals surface area (Å²) < 4.78 is 15.5. The first-order chi connectivity index (χ1) is 14.0. The maximum atomic E-state index is 13.2. The van der Waals surface area contributed by atoms with Gasteiger partial charge in [-0.1, -0.05) is 34.1 Å². The molecule has 2 aromatic heterocycles. The predicted molar refractivity (Wildman–Crippen MR) is 114 cm³/mol. The van der Waals surface area contributed by atoms with Crippen LogP contribution in [-0.4, -0.2) is 15.5 Å². The number of fused-ring (bicyclic) bond motifs is 1. The minimum atomic E-state index is -0.508. The fourth-order valence-electron chi connectivity index (χ4n) is 3.05. The topological polar surface area (TPSA) is 64.0 Å². The summed E-state index contributed by atoms with van der Waals surface area (Å²) in [6, 6.07) is 18.1. The Morgan fingerprint density at radius 3 is 2.62 bits per heavy atom. The van der Waals surface area contributed by atoms with Gasteiger partial charge in [-0.2, -0.15) is 0 Å². The number of rotatable bonds is 4. The van der Waals surface area contributed by atoms with Crippen LogP contribution in [0.5, 0.6) is 0 Å². The van der Waals surface area contributed by atoms with Crippen LogP contribution in [0.1, 0.15) is 15.9 Å². The van der Waals surface area contributed by atoms with E-state index in [0.717, 1.165) is 10.0 Å². The molecule has 0 saturated carbocycles. The van der Waals surface area contributed by atoms with Crippen molar-refractivity contribution < 1.29 is 9.18 Å². The smallest absolute Gasteiger partial charge is 0.265 e. The molecule has 0 atom stereocenters. The van der Waals surface area contributed by atoms with E-state index in [9.17, 15) is 14.0 Å². The van der Waals surface area contributed by atoms with Gasteiger partial charge in [0.1, 0.15) is 17.0 Å². The monoisotopic (exact) mass is 451 g/mol. The Morgan fingerprint density at radius 2 is 1.86 bits per heavy atom. The van der Waals surface area contributed by atoms with Crippen molar-refractivity contribution in [3.05, 3.63) is 105 Å². The summed E-state index contributed by atoms with van der Waals surface area (Å²) >= 11 is 3.36. The summed E-state index contributed by atoms with van der Waals surface area (Å²) in [6.07, 6.45) is 1.59. The molecule has 0 saturated heterocycles. The third-order valence-electron chi connectivity index (χ3n) is 4.43. The van der Waals surface area contributed by atoms with Crippen LogP contribution in [0.15, 0.2) is 82.2 Å². The lowest BCUT2D eigenvalue weighted by atomic mass is 10.1. The van der Waals surface area contributed by atoms with E-state index >= 15 is 0 Å². The number of nitrogens with one attached hydrogen (secondary N) is 1. The van der Waals surface area contributed by atoms with Crippen LogP contribution < -0.4 is 10.9 Å². The van der Waals surface area contributed by atoms with Gasteiger partial charge in [-0.3, -0.25) is 14.2 Å². The molecule has 2 heterocycles. The van der Waals surface area contributed by atoms with E-state index in [-0.39, 0.29) is 17.9 Å². The highest BCUT2D eigenvalue weighted by Gasteiger charge is 2.17. The largest absolute Gasteiger partial charge is 0.322 e. The van der Waals surface area contributed by atoms with Gasteiger partial charge in [-0.25, -0.2) is 9.37 Å². The Morgan fingerprint density at radius 1 is 1.07 bits per heavy atom.